The maximum absolute atomic E-state index is 12.8. The molecule has 0 bridgehead atoms. The minimum absolute atomic E-state index is 0.296. The van der Waals surface area contributed by atoms with Gasteiger partial charge in [-0.2, -0.15) is 0 Å². The van der Waals surface area contributed by atoms with Gasteiger partial charge in [0.05, 0.1) is 11.2 Å². The number of hydrogen-bond donors (Lipinski definition) is 2. The molecule has 0 radical (unpaired) electrons. The molecule has 1 fully saturated rings. The number of ether oxygens (including phenoxy) is 1. The van der Waals surface area contributed by atoms with E-state index in [0.717, 1.165) is 47.2 Å². The number of nitrogens with zero attached hydrogens (tertiary/aromatic N) is 4. The molecule has 4 aromatic rings. The quantitative estimate of drug-likeness (QED) is 0.499. The molecule has 2 N–H and O–H groups in total. The smallest absolute Gasteiger partial charge is 0.331 e. The topological polar surface area (TPSA) is 107 Å². The van der Waals surface area contributed by atoms with Crippen molar-refractivity contribution in [3.8, 4) is 11.6 Å². The largest absolute Gasteiger partial charge is 0.439 e. The molecule has 2 aliphatic rings. The molecule has 32 heavy (non-hydrogen) atoms. The van der Waals surface area contributed by atoms with Crippen LogP contribution < -0.4 is 15.4 Å². The molecule has 1 amide bonds. The lowest BCUT2D eigenvalue weighted by Gasteiger charge is -2.23. The van der Waals surface area contributed by atoms with E-state index in [-0.39, 0.29) is 6.03 Å². The van der Waals surface area contributed by atoms with Crippen LogP contribution in [0.25, 0.3) is 10.9 Å². The van der Waals surface area contributed by atoms with Gasteiger partial charge in [-0.05, 0) is 50.5 Å². The van der Waals surface area contributed by atoms with Crippen molar-refractivity contribution in [2.75, 3.05) is 5.32 Å². The molecule has 4 heterocycles. The van der Waals surface area contributed by atoms with E-state index in [9.17, 15) is 4.79 Å². The number of aromatic nitrogens is 4. The summed E-state index contributed by atoms with van der Waals surface area (Å²) in [4.78, 5) is 21.5. The van der Waals surface area contributed by atoms with Gasteiger partial charge in [-0.1, -0.05) is 5.16 Å². The summed E-state index contributed by atoms with van der Waals surface area (Å²) in [5.74, 6) is 2.94. The van der Waals surface area contributed by atoms with Crippen molar-refractivity contribution < 1.29 is 14.1 Å². The molecular weight excluding hydrogens is 408 g/mol. The van der Waals surface area contributed by atoms with Crippen LogP contribution in [-0.2, 0) is 13.0 Å². The molecule has 9 nitrogen and oxygen atoms in total. The highest BCUT2D eigenvalue weighted by molar-refractivity contribution is 5.98. The summed E-state index contributed by atoms with van der Waals surface area (Å²) < 4.78 is 13.0. The van der Waals surface area contributed by atoms with E-state index in [4.69, 9.17) is 9.26 Å². The summed E-state index contributed by atoms with van der Waals surface area (Å²) in [6, 6.07) is 9.33. The fraction of sp³-hybridized carbons (Fsp3) is 0.304. The molecule has 9 heteroatoms. The predicted molar refractivity (Wildman–Crippen MR) is 117 cm³/mol. The Hall–Kier alpha value is -3.72. The van der Waals surface area contributed by atoms with Gasteiger partial charge in [0.15, 0.2) is 5.82 Å². The van der Waals surface area contributed by atoms with Crippen molar-refractivity contribution in [1.29, 1.82) is 0 Å². The number of benzene rings is 1. The van der Waals surface area contributed by atoms with E-state index in [1.807, 2.05) is 24.3 Å². The second-order valence-electron chi connectivity index (χ2n) is 8.42. The van der Waals surface area contributed by atoms with E-state index in [2.05, 4.69) is 32.7 Å². The maximum Gasteiger partial charge on any atom is 0.331 e. The standard InChI is InChI=1S/C23H22N6O3/c1-13-8-17-18(11-24-13)25-12-26-22(17)31-16-4-5-19-15(9-16)6-7-29(19)23(30)27-21-10-20(32-28-21)14-2-3-14/h4-7,9-10,12-14,24H,2-3,8,11H2,1H3,(H,27,28,30)/t13-/m0/s1. The fourth-order valence-electron chi connectivity index (χ4n) is 4.08. The highest BCUT2D eigenvalue weighted by Crippen LogP contribution is 2.40. The molecular formula is C23H22N6O3. The first-order chi connectivity index (χ1) is 15.6. The van der Waals surface area contributed by atoms with E-state index in [1.54, 1.807) is 16.8 Å². The van der Waals surface area contributed by atoms with Gasteiger partial charge in [0.1, 0.15) is 17.8 Å². The van der Waals surface area contributed by atoms with Crippen LogP contribution in [0.5, 0.6) is 11.6 Å². The monoisotopic (exact) mass is 430 g/mol. The molecule has 1 aromatic carbocycles. The Labute approximate surface area is 183 Å². The van der Waals surface area contributed by atoms with Gasteiger partial charge in [0, 0.05) is 41.7 Å². The first-order valence-electron chi connectivity index (χ1n) is 10.8. The zero-order valence-corrected chi connectivity index (χ0v) is 17.5. The molecule has 6 rings (SSSR count). The molecule has 3 aromatic heterocycles. The summed E-state index contributed by atoms with van der Waals surface area (Å²) in [6.07, 6.45) is 6.30. The summed E-state index contributed by atoms with van der Waals surface area (Å²) in [7, 11) is 0. The Balaban J connectivity index is 1.23. The third-order valence-corrected chi connectivity index (χ3v) is 5.96. The van der Waals surface area contributed by atoms with Crippen LogP contribution in [0, 0.1) is 0 Å². The summed E-state index contributed by atoms with van der Waals surface area (Å²) in [5, 5.41) is 11.0. The van der Waals surface area contributed by atoms with Crippen LogP contribution in [0.1, 0.15) is 42.7 Å². The molecule has 0 saturated heterocycles. The van der Waals surface area contributed by atoms with Gasteiger partial charge in [-0.25, -0.2) is 14.8 Å². The number of rotatable bonds is 4. The van der Waals surface area contributed by atoms with Gasteiger partial charge in [-0.3, -0.25) is 9.88 Å². The number of carbonyl (C=O) groups is 1. The highest BCUT2D eigenvalue weighted by Gasteiger charge is 2.28. The molecule has 1 aliphatic heterocycles. The Morgan fingerprint density at radius 1 is 1.25 bits per heavy atom. The van der Waals surface area contributed by atoms with Crippen LogP contribution in [-0.4, -0.2) is 31.8 Å². The molecule has 162 valence electrons. The van der Waals surface area contributed by atoms with Gasteiger partial charge < -0.3 is 14.6 Å². The second kappa shape index (κ2) is 7.45. The van der Waals surface area contributed by atoms with Crippen molar-refractivity contribution >= 4 is 22.8 Å². The van der Waals surface area contributed by atoms with Crippen molar-refractivity contribution in [3.05, 3.63) is 59.9 Å². The van der Waals surface area contributed by atoms with E-state index in [0.29, 0.717) is 36.0 Å². The van der Waals surface area contributed by atoms with Crippen molar-refractivity contribution in [2.24, 2.45) is 0 Å². The van der Waals surface area contributed by atoms with E-state index >= 15 is 0 Å². The first kappa shape index (κ1) is 19.0. The lowest BCUT2D eigenvalue weighted by Crippen LogP contribution is -2.33. The molecule has 0 unspecified atom stereocenters. The van der Waals surface area contributed by atoms with Gasteiger partial charge in [-0.15, -0.1) is 0 Å². The first-order valence-corrected chi connectivity index (χ1v) is 10.8. The normalized spacial score (nSPS) is 17.8. The lowest BCUT2D eigenvalue weighted by molar-refractivity contribution is 0.254. The van der Waals surface area contributed by atoms with E-state index < -0.39 is 0 Å². The van der Waals surface area contributed by atoms with Gasteiger partial charge >= 0.3 is 6.03 Å². The summed E-state index contributed by atoms with van der Waals surface area (Å²) in [6.45, 7) is 2.84. The number of fused-ring (bicyclic) bond motifs is 2. The van der Waals surface area contributed by atoms with Crippen LogP contribution in [0.3, 0.4) is 0 Å². The van der Waals surface area contributed by atoms with Crippen LogP contribution in [0.15, 0.2) is 47.4 Å². The van der Waals surface area contributed by atoms with Gasteiger partial charge in [0.25, 0.3) is 0 Å². The minimum Gasteiger partial charge on any atom is -0.439 e. The molecule has 0 spiro atoms. The van der Waals surface area contributed by atoms with Crippen molar-refractivity contribution in [3.63, 3.8) is 0 Å². The van der Waals surface area contributed by atoms with E-state index in [1.165, 1.54) is 6.33 Å². The zero-order valence-electron chi connectivity index (χ0n) is 17.5. The Morgan fingerprint density at radius 2 is 2.16 bits per heavy atom. The highest BCUT2D eigenvalue weighted by atomic mass is 16.5. The number of carbonyl (C=O) groups excluding carboxylic acids is 1. The summed E-state index contributed by atoms with van der Waals surface area (Å²) >= 11 is 0. The van der Waals surface area contributed by atoms with Crippen molar-refractivity contribution in [2.45, 2.75) is 44.7 Å². The van der Waals surface area contributed by atoms with Gasteiger partial charge in [0.2, 0.25) is 5.88 Å². The number of amides is 1. The molecule has 1 saturated carbocycles. The molecule has 1 aliphatic carbocycles. The number of nitrogens with one attached hydrogen (secondary N) is 2. The Morgan fingerprint density at radius 3 is 3.03 bits per heavy atom. The van der Waals surface area contributed by atoms with Crippen LogP contribution in [0.4, 0.5) is 10.6 Å². The van der Waals surface area contributed by atoms with Crippen LogP contribution in [0.2, 0.25) is 0 Å². The third-order valence-electron chi connectivity index (χ3n) is 5.96. The van der Waals surface area contributed by atoms with Crippen molar-refractivity contribution in [1.82, 2.24) is 25.0 Å². The minimum atomic E-state index is -0.296. The fourth-order valence-corrected chi connectivity index (χ4v) is 4.08. The second-order valence-corrected chi connectivity index (χ2v) is 8.42. The Kier molecular flexibility index (Phi) is 4.43. The SMILES string of the molecule is C[C@H]1Cc2c(ncnc2Oc2ccc3c(ccn3C(=O)Nc3cc(C4CC4)on3)c2)CN1. The lowest BCUT2D eigenvalue weighted by atomic mass is 10.0. The number of hydrogen-bond acceptors (Lipinski definition) is 7. The summed E-state index contributed by atoms with van der Waals surface area (Å²) in [5.41, 5.74) is 2.77. The van der Waals surface area contributed by atoms with Crippen LogP contribution >= 0.6 is 0 Å². The third kappa shape index (κ3) is 3.50. The number of anilines is 1. The predicted octanol–water partition coefficient (Wildman–Crippen LogP) is 4.20. The Bertz CT molecular complexity index is 1320. The molecule has 1 atom stereocenters. The average Bonchev–Trinajstić information content (AvgIpc) is 3.39. The maximum atomic E-state index is 12.8. The average molecular weight is 430 g/mol. The zero-order chi connectivity index (χ0) is 21.7.